The second kappa shape index (κ2) is 7.45. The van der Waals surface area contributed by atoms with Gasteiger partial charge in [0, 0.05) is 16.3 Å². The molecule has 2 aromatic carbocycles. The molecule has 1 heterocycles. The molecule has 3 fully saturated rings. The zero-order valence-electron chi connectivity index (χ0n) is 18.1. The SMILES string of the molecule is COc1ccc(N(CN2C(=O)[C@@H]3[C@@H]4C=C[C@H]([C@@H]5C[C@H]45)[C@@H]3C2=O)C(=O)c2ccc(Cl)cc2)cc1. The summed E-state index contributed by atoms with van der Waals surface area (Å²) in [5, 5.41) is 0.526. The van der Waals surface area contributed by atoms with Crippen molar-refractivity contribution >= 4 is 35.0 Å². The van der Waals surface area contributed by atoms with Gasteiger partial charge in [0.25, 0.3) is 5.91 Å². The Morgan fingerprint density at radius 2 is 1.55 bits per heavy atom. The maximum Gasteiger partial charge on any atom is 0.259 e. The lowest BCUT2D eigenvalue weighted by Crippen LogP contribution is -2.45. The van der Waals surface area contributed by atoms with Gasteiger partial charge in [-0.15, -0.1) is 0 Å². The van der Waals surface area contributed by atoms with Crippen molar-refractivity contribution in [1.29, 1.82) is 0 Å². The number of methoxy groups -OCH3 is 1. The molecule has 33 heavy (non-hydrogen) atoms. The van der Waals surface area contributed by atoms with E-state index in [4.69, 9.17) is 16.3 Å². The van der Waals surface area contributed by atoms with Crippen molar-refractivity contribution in [1.82, 2.24) is 4.90 Å². The molecule has 1 aliphatic heterocycles. The molecule has 7 rings (SSSR count). The number of nitrogens with zero attached hydrogens (tertiary/aromatic N) is 2. The summed E-state index contributed by atoms with van der Waals surface area (Å²) in [4.78, 5) is 43.2. The van der Waals surface area contributed by atoms with Crippen LogP contribution in [0.1, 0.15) is 16.8 Å². The van der Waals surface area contributed by atoms with Gasteiger partial charge in [-0.25, -0.2) is 0 Å². The molecule has 2 aromatic rings. The van der Waals surface area contributed by atoms with Gasteiger partial charge >= 0.3 is 0 Å². The van der Waals surface area contributed by atoms with E-state index in [1.54, 1.807) is 55.6 Å². The van der Waals surface area contributed by atoms with Crippen molar-refractivity contribution in [3.63, 3.8) is 0 Å². The van der Waals surface area contributed by atoms with Crippen LogP contribution in [0.2, 0.25) is 5.02 Å². The number of benzene rings is 2. The molecular formula is C26H23ClN2O4. The van der Waals surface area contributed by atoms with Crippen LogP contribution in [-0.4, -0.2) is 36.4 Å². The number of carbonyl (C=O) groups excluding carboxylic acids is 3. The highest BCUT2D eigenvalue weighted by Gasteiger charge is 2.67. The number of rotatable bonds is 5. The Bertz CT molecular complexity index is 1140. The summed E-state index contributed by atoms with van der Waals surface area (Å²) in [6, 6.07) is 13.6. The fourth-order valence-electron chi connectivity index (χ4n) is 6.07. The molecule has 0 radical (unpaired) electrons. The van der Waals surface area contributed by atoms with Crippen LogP contribution in [0.25, 0.3) is 0 Å². The number of ether oxygens (including phenoxy) is 1. The molecule has 2 saturated carbocycles. The molecule has 6 nitrogen and oxygen atoms in total. The third-order valence-corrected chi connectivity index (χ3v) is 8.01. The standard InChI is InChI=1S/C26H23ClN2O4/c1-33-17-8-6-16(7-9-17)28(24(30)14-2-4-15(27)5-3-14)13-29-25(31)22-18-10-11-19(21-12-20(18)21)23(22)26(29)32/h2-11,18-23H,12-13H2,1H3/t18-,19-,20-,21+,22-,23+/m1/s1. The highest BCUT2D eigenvalue weighted by atomic mass is 35.5. The summed E-state index contributed by atoms with van der Waals surface area (Å²) in [6.45, 7) is -0.118. The quantitative estimate of drug-likeness (QED) is 0.497. The topological polar surface area (TPSA) is 66.9 Å². The first-order valence-corrected chi connectivity index (χ1v) is 11.6. The van der Waals surface area contributed by atoms with Gasteiger partial charge in [0.2, 0.25) is 11.8 Å². The Kier molecular flexibility index (Phi) is 4.63. The van der Waals surface area contributed by atoms with Crippen LogP contribution in [0.5, 0.6) is 5.75 Å². The van der Waals surface area contributed by atoms with Crippen molar-refractivity contribution in [3.05, 3.63) is 71.3 Å². The lowest BCUT2D eigenvalue weighted by atomic mass is 9.63. The van der Waals surface area contributed by atoms with Gasteiger partial charge in [0.15, 0.2) is 0 Å². The van der Waals surface area contributed by atoms with Gasteiger partial charge in [0.05, 0.1) is 18.9 Å². The average Bonchev–Trinajstić information content (AvgIpc) is 3.63. The maximum absolute atomic E-state index is 13.5. The van der Waals surface area contributed by atoms with Crippen LogP contribution < -0.4 is 9.64 Å². The first kappa shape index (κ1) is 20.5. The molecule has 0 spiro atoms. The summed E-state index contributed by atoms with van der Waals surface area (Å²) in [6.07, 6.45) is 5.41. The molecule has 0 N–H and O–H groups in total. The fraction of sp³-hybridized carbons (Fsp3) is 0.346. The molecule has 168 valence electrons. The Hall–Kier alpha value is -3.12. The minimum Gasteiger partial charge on any atom is -0.497 e. The fourth-order valence-corrected chi connectivity index (χ4v) is 6.20. The number of hydrogen-bond acceptors (Lipinski definition) is 4. The molecule has 7 heteroatoms. The summed E-state index contributed by atoms with van der Waals surface area (Å²) in [5.41, 5.74) is 1.00. The van der Waals surface area contributed by atoms with Gasteiger partial charge in [-0.2, -0.15) is 0 Å². The van der Waals surface area contributed by atoms with Gasteiger partial charge in [-0.1, -0.05) is 23.8 Å². The third-order valence-electron chi connectivity index (χ3n) is 7.76. The van der Waals surface area contributed by atoms with E-state index in [0.29, 0.717) is 33.9 Å². The highest BCUT2D eigenvalue weighted by molar-refractivity contribution is 6.30. The monoisotopic (exact) mass is 462 g/mol. The Morgan fingerprint density at radius 3 is 2.09 bits per heavy atom. The lowest BCUT2D eigenvalue weighted by molar-refractivity contribution is -0.140. The van der Waals surface area contributed by atoms with Crippen LogP contribution in [0.3, 0.4) is 0 Å². The Balaban J connectivity index is 1.33. The molecule has 2 bridgehead atoms. The number of anilines is 1. The second-order valence-electron chi connectivity index (χ2n) is 9.34. The van der Waals surface area contributed by atoms with Crippen molar-refractivity contribution in [2.75, 3.05) is 18.7 Å². The number of likely N-dealkylation sites (tertiary alicyclic amines) is 1. The molecule has 5 aliphatic rings. The predicted molar refractivity (Wildman–Crippen MR) is 123 cm³/mol. The van der Waals surface area contributed by atoms with E-state index in [-0.39, 0.29) is 48.1 Å². The minimum atomic E-state index is -0.309. The van der Waals surface area contributed by atoms with Crippen molar-refractivity contribution < 1.29 is 19.1 Å². The smallest absolute Gasteiger partial charge is 0.259 e. The normalized spacial score (nSPS) is 30.8. The van der Waals surface area contributed by atoms with Gasteiger partial charge in [0.1, 0.15) is 12.4 Å². The van der Waals surface area contributed by atoms with E-state index in [1.807, 2.05) is 0 Å². The predicted octanol–water partition coefficient (Wildman–Crippen LogP) is 4.01. The van der Waals surface area contributed by atoms with E-state index >= 15 is 0 Å². The van der Waals surface area contributed by atoms with E-state index in [9.17, 15) is 14.4 Å². The Labute approximate surface area is 196 Å². The average molecular weight is 463 g/mol. The van der Waals surface area contributed by atoms with Gasteiger partial charge in [-0.05, 0) is 78.6 Å². The van der Waals surface area contributed by atoms with E-state index in [2.05, 4.69) is 12.2 Å². The molecule has 6 atom stereocenters. The number of allylic oxidation sites excluding steroid dienone is 2. The molecule has 0 unspecified atom stereocenters. The van der Waals surface area contributed by atoms with E-state index < -0.39 is 0 Å². The summed E-state index contributed by atoms with van der Waals surface area (Å²) in [5.74, 6) is 0.807. The summed E-state index contributed by atoms with van der Waals surface area (Å²) >= 11 is 6.00. The van der Waals surface area contributed by atoms with E-state index in [1.165, 1.54) is 9.80 Å². The number of hydrogen-bond donors (Lipinski definition) is 0. The van der Waals surface area contributed by atoms with Crippen LogP contribution in [0, 0.1) is 35.5 Å². The van der Waals surface area contributed by atoms with E-state index in [0.717, 1.165) is 6.42 Å². The highest BCUT2D eigenvalue weighted by Crippen LogP contribution is 2.65. The van der Waals surface area contributed by atoms with Crippen LogP contribution >= 0.6 is 11.6 Å². The molecule has 4 aliphatic carbocycles. The zero-order valence-corrected chi connectivity index (χ0v) is 18.8. The number of amides is 3. The number of imide groups is 1. The lowest BCUT2D eigenvalue weighted by Gasteiger charge is -2.37. The van der Waals surface area contributed by atoms with Crippen LogP contribution in [0.4, 0.5) is 5.69 Å². The Morgan fingerprint density at radius 1 is 0.970 bits per heavy atom. The maximum atomic E-state index is 13.5. The zero-order chi connectivity index (χ0) is 22.9. The van der Waals surface area contributed by atoms with Crippen molar-refractivity contribution in [3.8, 4) is 5.75 Å². The first-order valence-electron chi connectivity index (χ1n) is 11.2. The largest absolute Gasteiger partial charge is 0.497 e. The van der Waals surface area contributed by atoms with Gasteiger partial charge in [-0.3, -0.25) is 24.2 Å². The summed E-state index contributed by atoms with van der Waals surface area (Å²) in [7, 11) is 1.57. The van der Waals surface area contributed by atoms with Crippen molar-refractivity contribution in [2.45, 2.75) is 6.42 Å². The molecule has 0 aromatic heterocycles. The number of halogens is 1. The van der Waals surface area contributed by atoms with Crippen LogP contribution in [-0.2, 0) is 9.59 Å². The minimum absolute atomic E-state index is 0.118. The molecule has 1 saturated heterocycles. The first-order chi connectivity index (χ1) is 16.0. The molecule has 3 amide bonds. The third kappa shape index (κ3) is 3.11. The van der Waals surface area contributed by atoms with Crippen LogP contribution in [0.15, 0.2) is 60.7 Å². The number of carbonyl (C=O) groups is 3. The molecular weight excluding hydrogens is 440 g/mol. The second-order valence-corrected chi connectivity index (χ2v) is 9.78. The van der Waals surface area contributed by atoms with Crippen molar-refractivity contribution in [2.24, 2.45) is 35.5 Å². The summed E-state index contributed by atoms with van der Waals surface area (Å²) < 4.78 is 5.24. The van der Waals surface area contributed by atoms with Gasteiger partial charge < -0.3 is 4.74 Å².